The lowest BCUT2D eigenvalue weighted by atomic mass is 9.69. The van der Waals surface area contributed by atoms with E-state index in [1.807, 2.05) is 0 Å². The van der Waals surface area contributed by atoms with Crippen LogP contribution in [0.1, 0.15) is 64.7 Å². The number of rotatable bonds is 5. The summed E-state index contributed by atoms with van der Waals surface area (Å²) in [6.45, 7) is 3.69. The van der Waals surface area contributed by atoms with Crippen molar-refractivity contribution in [2.45, 2.75) is 70.8 Å². The highest BCUT2D eigenvalue weighted by Gasteiger charge is 2.32. The lowest BCUT2D eigenvalue weighted by molar-refractivity contribution is 0.150. The Morgan fingerprint density at radius 3 is 2.60 bits per heavy atom. The molecule has 5 nitrogen and oxygen atoms in total. The van der Waals surface area contributed by atoms with Crippen molar-refractivity contribution < 1.29 is 8.42 Å². The minimum absolute atomic E-state index is 0.194. The highest BCUT2D eigenvalue weighted by Crippen LogP contribution is 2.40. The lowest BCUT2D eigenvalue weighted by Gasteiger charge is -2.40. The van der Waals surface area contributed by atoms with Crippen molar-refractivity contribution in [3.8, 4) is 0 Å². The summed E-state index contributed by atoms with van der Waals surface area (Å²) in [5.41, 5.74) is 0. The summed E-state index contributed by atoms with van der Waals surface area (Å²) in [6, 6.07) is 0.523. The van der Waals surface area contributed by atoms with Crippen molar-refractivity contribution in [3.63, 3.8) is 0 Å². The van der Waals surface area contributed by atoms with Gasteiger partial charge in [-0.05, 0) is 49.9 Å². The van der Waals surface area contributed by atoms with E-state index in [1.165, 1.54) is 44.9 Å². The van der Waals surface area contributed by atoms with Gasteiger partial charge in [0.05, 0.1) is 11.5 Å². The largest absolute Gasteiger partial charge is 0.356 e. The zero-order chi connectivity index (χ0) is 17.7. The van der Waals surface area contributed by atoms with Gasteiger partial charge < -0.3 is 10.6 Å². The maximum Gasteiger partial charge on any atom is 0.191 e. The maximum absolute atomic E-state index is 11.6. The van der Waals surface area contributed by atoms with E-state index < -0.39 is 9.84 Å². The topological polar surface area (TPSA) is 70.6 Å². The highest BCUT2D eigenvalue weighted by atomic mass is 32.2. The van der Waals surface area contributed by atoms with Gasteiger partial charge in [0.15, 0.2) is 15.8 Å². The van der Waals surface area contributed by atoms with E-state index in [-0.39, 0.29) is 5.92 Å². The second kappa shape index (κ2) is 8.74. The fourth-order valence-electron chi connectivity index (χ4n) is 4.83. The predicted molar refractivity (Wildman–Crippen MR) is 104 cm³/mol. The van der Waals surface area contributed by atoms with E-state index in [4.69, 9.17) is 4.99 Å². The molecule has 2 N–H and O–H groups in total. The van der Waals surface area contributed by atoms with Gasteiger partial charge >= 0.3 is 0 Å². The van der Waals surface area contributed by atoms with Gasteiger partial charge in [-0.3, -0.25) is 4.99 Å². The summed E-state index contributed by atoms with van der Waals surface area (Å²) in [6.07, 6.45) is 11.4. The monoisotopic (exact) mass is 369 g/mol. The molecule has 0 amide bonds. The van der Waals surface area contributed by atoms with Gasteiger partial charge in [0.25, 0.3) is 0 Å². The molecule has 1 aliphatic heterocycles. The maximum atomic E-state index is 11.6. The number of nitrogens with zero attached hydrogens (tertiary/aromatic N) is 1. The predicted octanol–water partition coefficient (Wildman–Crippen LogP) is 2.73. The fraction of sp³-hybridized carbons (Fsp3) is 0.947. The number of sulfone groups is 1. The van der Waals surface area contributed by atoms with Crippen molar-refractivity contribution in [1.82, 2.24) is 10.6 Å². The fourth-order valence-corrected chi connectivity index (χ4v) is 6.68. The molecule has 0 spiro atoms. The number of aliphatic imine (C=N–C) groups is 1. The molecule has 3 rings (SSSR count). The molecule has 0 bridgehead atoms. The Labute approximate surface area is 153 Å². The summed E-state index contributed by atoms with van der Waals surface area (Å²) < 4.78 is 23.3. The van der Waals surface area contributed by atoms with Crippen LogP contribution >= 0.6 is 0 Å². The van der Waals surface area contributed by atoms with Gasteiger partial charge in [-0.25, -0.2) is 8.42 Å². The van der Waals surface area contributed by atoms with E-state index in [2.05, 4.69) is 17.6 Å². The van der Waals surface area contributed by atoms with Crippen molar-refractivity contribution in [1.29, 1.82) is 0 Å². The first-order valence-electron chi connectivity index (χ1n) is 10.3. The minimum Gasteiger partial charge on any atom is -0.356 e. The Morgan fingerprint density at radius 2 is 1.88 bits per heavy atom. The molecule has 4 unspecified atom stereocenters. The van der Waals surface area contributed by atoms with Gasteiger partial charge in [0.1, 0.15) is 0 Å². The van der Waals surface area contributed by atoms with E-state index in [1.54, 1.807) is 0 Å². The van der Waals surface area contributed by atoms with Crippen LogP contribution in [0.2, 0.25) is 0 Å². The average Bonchev–Trinajstić information content (AvgIpc) is 2.96. The van der Waals surface area contributed by atoms with E-state index in [0.29, 0.717) is 24.1 Å². The smallest absolute Gasteiger partial charge is 0.191 e. The number of nitrogens with one attached hydrogen (secondary N) is 2. The second-order valence-corrected chi connectivity index (χ2v) is 10.6. The minimum atomic E-state index is -2.81. The number of hydrogen-bond donors (Lipinski definition) is 2. The molecule has 0 radical (unpaired) electrons. The summed E-state index contributed by atoms with van der Waals surface area (Å²) in [5.74, 6) is 3.59. The van der Waals surface area contributed by atoms with Crippen LogP contribution in [0.5, 0.6) is 0 Å². The van der Waals surface area contributed by atoms with Crippen LogP contribution in [-0.4, -0.2) is 45.0 Å². The van der Waals surface area contributed by atoms with Crippen molar-refractivity contribution in [3.05, 3.63) is 0 Å². The Kier molecular flexibility index (Phi) is 6.64. The third kappa shape index (κ3) is 5.60. The molecule has 144 valence electrons. The second-order valence-electron chi connectivity index (χ2n) is 8.34. The average molecular weight is 370 g/mol. The van der Waals surface area contributed by atoms with Crippen LogP contribution < -0.4 is 10.6 Å². The summed E-state index contributed by atoms with van der Waals surface area (Å²) >= 11 is 0. The van der Waals surface area contributed by atoms with Gasteiger partial charge in [0, 0.05) is 19.1 Å². The highest BCUT2D eigenvalue weighted by molar-refractivity contribution is 7.91. The van der Waals surface area contributed by atoms with Gasteiger partial charge in [0.2, 0.25) is 0 Å². The molecule has 6 heteroatoms. The van der Waals surface area contributed by atoms with Crippen LogP contribution in [0.15, 0.2) is 4.99 Å². The van der Waals surface area contributed by atoms with Gasteiger partial charge in [-0.1, -0.05) is 32.6 Å². The summed E-state index contributed by atoms with van der Waals surface area (Å²) in [5, 5.41) is 7.08. The zero-order valence-electron chi connectivity index (χ0n) is 15.7. The Balaban J connectivity index is 1.54. The van der Waals surface area contributed by atoms with Crippen LogP contribution in [0.4, 0.5) is 0 Å². The summed E-state index contributed by atoms with van der Waals surface area (Å²) in [4.78, 5) is 4.74. The molecule has 2 aliphatic carbocycles. The molecule has 2 saturated carbocycles. The number of fused-ring (bicyclic) bond motifs is 1. The number of hydrogen-bond acceptors (Lipinski definition) is 3. The van der Waals surface area contributed by atoms with Crippen molar-refractivity contribution in [2.24, 2.45) is 22.7 Å². The first kappa shape index (κ1) is 19.0. The molecule has 4 atom stereocenters. The standard InChI is InChI=1S/C19H35N3O2S/c1-2-10-20-19(21-13-15-9-11-25(23,24)14-15)22-18-8-7-16-5-3-4-6-17(16)12-18/h15-18H,2-14H2,1H3,(H2,20,21,22). The van der Waals surface area contributed by atoms with Gasteiger partial charge in [-0.15, -0.1) is 0 Å². The first-order valence-corrected chi connectivity index (χ1v) is 12.1. The Bertz CT molecular complexity index is 561. The molecule has 1 heterocycles. The quantitative estimate of drug-likeness (QED) is 0.577. The molecular weight excluding hydrogens is 334 g/mol. The molecule has 0 aromatic carbocycles. The Hall–Kier alpha value is -0.780. The summed E-state index contributed by atoms with van der Waals surface area (Å²) in [7, 11) is -2.81. The van der Waals surface area contributed by atoms with Crippen LogP contribution in [-0.2, 0) is 9.84 Å². The van der Waals surface area contributed by atoms with Crippen LogP contribution in [0, 0.1) is 17.8 Å². The molecule has 1 saturated heterocycles. The molecular formula is C19H35N3O2S. The number of guanidine groups is 1. The lowest BCUT2D eigenvalue weighted by Crippen LogP contribution is -2.47. The van der Waals surface area contributed by atoms with Crippen molar-refractivity contribution >= 4 is 15.8 Å². The van der Waals surface area contributed by atoms with E-state index in [0.717, 1.165) is 37.2 Å². The van der Waals surface area contributed by atoms with E-state index >= 15 is 0 Å². The van der Waals surface area contributed by atoms with Crippen LogP contribution in [0.3, 0.4) is 0 Å². The molecule has 3 aliphatic rings. The third-order valence-electron chi connectivity index (χ3n) is 6.26. The van der Waals surface area contributed by atoms with Gasteiger partial charge in [-0.2, -0.15) is 0 Å². The first-order chi connectivity index (χ1) is 12.1. The van der Waals surface area contributed by atoms with E-state index in [9.17, 15) is 8.42 Å². The molecule has 0 aromatic rings. The zero-order valence-corrected chi connectivity index (χ0v) is 16.5. The Morgan fingerprint density at radius 1 is 1.08 bits per heavy atom. The molecule has 0 aromatic heterocycles. The van der Waals surface area contributed by atoms with Crippen molar-refractivity contribution in [2.75, 3.05) is 24.6 Å². The SMILES string of the molecule is CCCNC(=NCC1CCS(=O)(=O)C1)NC1CCC2CCCCC2C1. The third-order valence-corrected chi connectivity index (χ3v) is 8.09. The molecule has 3 fully saturated rings. The molecule has 25 heavy (non-hydrogen) atoms. The van der Waals surface area contributed by atoms with Crippen LogP contribution in [0.25, 0.3) is 0 Å². The normalized spacial score (nSPS) is 35.2.